The van der Waals surface area contributed by atoms with Crippen molar-refractivity contribution in [1.29, 1.82) is 0 Å². The van der Waals surface area contributed by atoms with Crippen LogP contribution in [0.25, 0.3) is 33.0 Å². The molecule has 5 aromatic rings. The predicted octanol–water partition coefficient (Wildman–Crippen LogP) is 2.79. The lowest BCUT2D eigenvalue weighted by molar-refractivity contribution is 0.758. The van der Waals surface area contributed by atoms with Crippen molar-refractivity contribution in [3.63, 3.8) is 0 Å². The zero-order valence-corrected chi connectivity index (χ0v) is 15.4. The topological polar surface area (TPSA) is 56.4 Å². The number of hydrogen-bond donors (Lipinski definition) is 0. The van der Waals surface area contributed by atoms with Gasteiger partial charge in [-0.05, 0) is 42.7 Å². The molecular weight excluding hydrogens is 358 g/mol. The number of benzene rings is 2. The van der Waals surface area contributed by atoms with Crippen molar-refractivity contribution >= 4 is 44.3 Å². The number of aryl methyl sites for hydroxylation is 1. The fourth-order valence-corrected chi connectivity index (χ4v) is 4.50. The van der Waals surface area contributed by atoms with Crippen molar-refractivity contribution in [2.75, 3.05) is 0 Å². The quantitative estimate of drug-likeness (QED) is 0.478. The smallest absolute Gasteiger partial charge is 0.274 e. The highest BCUT2D eigenvalue weighted by Gasteiger charge is 2.12. The van der Waals surface area contributed by atoms with E-state index < -0.39 is 0 Å². The summed E-state index contributed by atoms with van der Waals surface area (Å²) < 4.78 is 3.86. The molecule has 0 bridgehead atoms. The average Bonchev–Trinajstić information content (AvgIpc) is 3.19. The van der Waals surface area contributed by atoms with E-state index in [9.17, 15) is 9.59 Å². The third-order valence-electron chi connectivity index (χ3n) is 4.78. The summed E-state index contributed by atoms with van der Waals surface area (Å²) >= 11 is 1.31. The van der Waals surface area contributed by atoms with E-state index >= 15 is 0 Å². The van der Waals surface area contributed by atoms with Gasteiger partial charge >= 0.3 is 0 Å². The molecule has 132 valence electrons. The first-order valence-corrected chi connectivity index (χ1v) is 9.53. The van der Waals surface area contributed by atoms with Gasteiger partial charge < -0.3 is 4.57 Å². The maximum absolute atomic E-state index is 12.9. The summed E-state index contributed by atoms with van der Waals surface area (Å²) in [5, 5.41) is 0.976. The van der Waals surface area contributed by atoms with E-state index in [1.165, 1.54) is 11.3 Å². The molecule has 27 heavy (non-hydrogen) atoms. The van der Waals surface area contributed by atoms with Gasteiger partial charge in [0.15, 0.2) is 4.96 Å². The van der Waals surface area contributed by atoms with Crippen molar-refractivity contribution in [3.8, 4) is 0 Å². The Morgan fingerprint density at radius 1 is 1.00 bits per heavy atom. The van der Waals surface area contributed by atoms with Crippen molar-refractivity contribution in [2.45, 2.75) is 13.5 Å². The summed E-state index contributed by atoms with van der Waals surface area (Å²) in [6, 6.07) is 17.2. The Morgan fingerprint density at radius 2 is 1.74 bits per heavy atom. The van der Waals surface area contributed by atoms with E-state index in [1.54, 1.807) is 15.0 Å². The second-order valence-electron chi connectivity index (χ2n) is 6.34. The lowest BCUT2D eigenvalue weighted by Crippen LogP contribution is -2.26. The monoisotopic (exact) mass is 373 g/mol. The van der Waals surface area contributed by atoms with E-state index in [-0.39, 0.29) is 11.1 Å². The molecule has 0 N–H and O–H groups in total. The Hall–Kier alpha value is -3.25. The Kier molecular flexibility index (Phi) is 3.48. The van der Waals surface area contributed by atoms with E-state index in [0.717, 1.165) is 21.9 Å². The number of para-hydroxylation sites is 3. The third kappa shape index (κ3) is 2.34. The first kappa shape index (κ1) is 16.0. The summed E-state index contributed by atoms with van der Waals surface area (Å²) in [5.74, 6) is 0. The Labute approximate surface area is 157 Å². The lowest BCUT2D eigenvalue weighted by Gasteiger charge is -2.08. The molecule has 0 atom stereocenters. The minimum atomic E-state index is -0.140. The van der Waals surface area contributed by atoms with Crippen LogP contribution in [0.5, 0.6) is 0 Å². The molecule has 0 saturated carbocycles. The molecule has 0 aliphatic carbocycles. The predicted molar refractivity (Wildman–Crippen MR) is 110 cm³/mol. The lowest BCUT2D eigenvalue weighted by atomic mass is 10.1. The van der Waals surface area contributed by atoms with Gasteiger partial charge in [-0.15, -0.1) is 0 Å². The molecule has 2 aromatic carbocycles. The SMILES string of the molecule is CCn1c(=O)c(/C=c2\sc3nc4ccccc4n3c2=O)cc2ccccc21. The standard InChI is InChI=1S/C21H15N3O2S/c1-2-23-16-9-5-3-7-13(16)11-14(19(23)25)12-18-20(26)24-17-10-6-4-8-15(17)22-21(24)27-18/h3-12H,2H2,1H3/b18-12-. The molecule has 0 aliphatic rings. The molecule has 0 fully saturated rings. The van der Waals surface area contributed by atoms with Crippen LogP contribution in [-0.2, 0) is 6.54 Å². The van der Waals surface area contributed by atoms with Gasteiger partial charge in [-0.25, -0.2) is 9.38 Å². The summed E-state index contributed by atoms with van der Waals surface area (Å²) in [4.78, 5) is 31.0. The van der Waals surface area contributed by atoms with Crippen LogP contribution in [0.15, 0.2) is 64.2 Å². The number of thiazole rings is 1. The summed E-state index contributed by atoms with van der Waals surface area (Å²) in [7, 11) is 0. The minimum Gasteiger partial charge on any atom is -0.308 e. The zero-order chi connectivity index (χ0) is 18.5. The number of fused-ring (bicyclic) bond motifs is 4. The van der Waals surface area contributed by atoms with Crippen molar-refractivity contribution in [3.05, 3.63) is 85.4 Å². The molecule has 0 radical (unpaired) electrons. The van der Waals surface area contributed by atoms with Gasteiger partial charge in [0.2, 0.25) is 0 Å². The summed E-state index contributed by atoms with van der Waals surface area (Å²) in [6.45, 7) is 2.52. The van der Waals surface area contributed by atoms with Crippen molar-refractivity contribution in [1.82, 2.24) is 14.0 Å². The van der Waals surface area contributed by atoms with Crippen LogP contribution in [-0.4, -0.2) is 14.0 Å². The van der Waals surface area contributed by atoms with Crippen LogP contribution in [0.2, 0.25) is 0 Å². The number of hydrogen-bond acceptors (Lipinski definition) is 4. The van der Waals surface area contributed by atoms with Crippen LogP contribution < -0.4 is 15.7 Å². The number of nitrogens with zero attached hydrogens (tertiary/aromatic N) is 3. The van der Waals surface area contributed by atoms with E-state index in [1.807, 2.05) is 61.5 Å². The van der Waals surface area contributed by atoms with Gasteiger partial charge in [0.05, 0.1) is 21.1 Å². The van der Waals surface area contributed by atoms with Gasteiger partial charge in [0.25, 0.3) is 11.1 Å². The second-order valence-corrected chi connectivity index (χ2v) is 7.35. The maximum Gasteiger partial charge on any atom is 0.274 e. The molecule has 0 saturated heterocycles. The third-order valence-corrected chi connectivity index (χ3v) is 5.75. The normalized spacial score (nSPS) is 12.6. The van der Waals surface area contributed by atoms with Crippen LogP contribution >= 0.6 is 11.3 Å². The molecule has 0 aliphatic heterocycles. The summed E-state index contributed by atoms with van der Waals surface area (Å²) in [6.07, 6.45) is 1.69. The fourth-order valence-electron chi connectivity index (χ4n) is 3.52. The molecule has 0 spiro atoms. The van der Waals surface area contributed by atoms with Crippen molar-refractivity contribution in [2.24, 2.45) is 0 Å². The van der Waals surface area contributed by atoms with Crippen LogP contribution in [0.4, 0.5) is 0 Å². The van der Waals surface area contributed by atoms with Gasteiger partial charge in [-0.3, -0.25) is 9.59 Å². The van der Waals surface area contributed by atoms with Gasteiger partial charge in [-0.1, -0.05) is 41.7 Å². The van der Waals surface area contributed by atoms with E-state index in [0.29, 0.717) is 21.6 Å². The summed E-state index contributed by atoms with van der Waals surface area (Å²) in [5.41, 5.74) is 2.77. The first-order chi connectivity index (χ1) is 13.2. The van der Waals surface area contributed by atoms with E-state index in [4.69, 9.17) is 0 Å². The number of rotatable bonds is 2. The fraction of sp³-hybridized carbons (Fsp3) is 0.0952. The van der Waals surface area contributed by atoms with Gasteiger partial charge in [0, 0.05) is 12.1 Å². The Bertz CT molecular complexity index is 1510. The van der Waals surface area contributed by atoms with Crippen molar-refractivity contribution < 1.29 is 0 Å². The Morgan fingerprint density at radius 3 is 2.56 bits per heavy atom. The maximum atomic E-state index is 12.9. The molecule has 0 amide bonds. The molecular formula is C21H15N3O2S. The largest absolute Gasteiger partial charge is 0.308 e. The number of imidazole rings is 1. The molecule has 3 heterocycles. The highest BCUT2D eigenvalue weighted by molar-refractivity contribution is 7.15. The first-order valence-electron chi connectivity index (χ1n) is 8.71. The molecule has 5 rings (SSSR count). The average molecular weight is 373 g/mol. The van der Waals surface area contributed by atoms with Gasteiger partial charge in [-0.2, -0.15) is 0 Å². The number of aromatic nitrogens is 3. The second kappa shape index (κ2) is 5.89. The molecule has 5 nitrogen and oxygen atoms in total. The van der Waals surface area contributed by atoms with E-state index in [2.05, 4.69) is 4.98 Å². The van der Waals surface area contributed by atoms with Crippen LogP contribution in [0, 0.1) is 0 Å². The minimum absolute atomic E-state index is 0.0912. The zero-order valence-electron chi connectivity index (χ0n) is 14.5. The highest BCUT2D eigenvalue weighted by atomic mass is 32.1. The van der Waals surface area contributed by atoms with Gasteiger partial charge in [0.1, 0.15) is 0 Å². The molecule has 6 heteroatoms. The number of pyridine rings is 1. The van der Waals surface area contributed by atoms with Crippen LogP contribution in [0.3, 0.4) is 0 Å². The Balaban J connectivity index is 1.83. The molecule has 3 aromatic heterocycles. The van der Waals surface area contributed by atoms with Crippen LogP contribution in [0.1, 0.15) is 12.5 Å². The highest BCUT2D eigenvalue weighted by Crippen LogP contribution is 2.16. The molecule has 0 unspecified atom stereocenters.